The van der Waals surface area contributed by atoms with Crippen molar-refractivity contribution in [3.05, 3.63) is 69.2 Å². The molecule has 116 valence electrons. The van der Waals surface area contributed by atoms with Crippen molar-refractivity contribution >= 4 is 45.8 Å². The van der Waals surface area contributed by atoms with Crippen LogP contribution >= 0.6 is 23.2 Å². The van der Waals surface area contributed by atoms with Gasteiger partial charge in [-0.25, -0.2) is 0 Å². The molecule has 1 amide bonds. The van der Waals surface area contributed by atoms with Gasteiger partial charge in [0, 0.05) is 16.1 Å². The minimum absolute atomic E-state index is 0.109. The van der Waals surface area contributed by atoms with Crippen LogP contribution in [0.1, 0.15) is 15.9 Å². The van der Waals surface area contributed by atoms with Crippen LogP contribution in [0.25, 0.3) is 11.0 Å². The van der Waals surface area contributed by atoms with E-state index in [0.29, 0.717) is 26.7 Å². The molecule has 6 heteroatoms. The van der Waals surface area contributed by atoms with E-state index in [1.165, 1.54) is 6.07 Å². The molecule has 0 atom stereocenters. The van der Waals surface area contributed by atoms with Gasteiger partial charge >= 0.3 is 0 Å². The number of halogens is 2. The van der Waals surface area contributed by atoms with Gasteiger partial charge in [-0.1, -0.05) is 35.3 Å². The molecule has 0 unspecified atom stereocenters. The summed E-state index contributed by atoms with van der Waals surface area (Å²) in [5, 5.41) is 12.0. The van der Waals surface area contributed by atoms with Crippen molar-refractivity contribution in [1.29, 1.82) is 5.41 Å². The Kier molecular flexibility index (Phi) is 4.11. The Bertz CT molecular complexity index is 980. The Balaban J connectivity index is 2.03. The molecule has 3 rings (SSSR count). The fraction of sp³-hybridized carbons (Fsp3) is 0.0588. The van der Waals surface area contributed by atoms with Crippen molar-refractivity contribution in [2.45, 2.75) is 6.92 Å². The predicted octanol–water partition coefficient (Wildman–Crippen LogP) is 4.78. The molecule has 0 fully saturated rings. The van der Waals surface area contributed by atoms with Crippen molar-refractivity contribution in [2.75, 3.05) is 5.32 Å². The molecule has 0 aliphatic rings. The Morgan fingerprint density at radius 3 is 2.70 bits per heavy atom. The van der Waals surface area contributed by atoms with E-state index < -0.39 is 5.91 Å². The third-order valence-corrected chi connectivity index (χ3v) is 3.81. The fourth-order valence-electron chi connectivity index (χ4n) is 2.26. The number of benzene rings is 2. The van der Waals surface area contributed by atoms with E-state index >= 15 is 0 Å². The van der Waals surface area contributed by atoms with Crippen LogP contribution in [0.4, 0.5) is 5.69 Å². The molecule has 3 aromatic rings. The molecule has 0 spiro atoms. The van der Waals surface area contributed by atoms with Crippen molar-refractivity contribution in [1.82, 2.24) is 0 Å². The van der Waals surface area contributed by atoms with Crippen LogP contribution < -0.4 is 10.9 Å². The van der Waals surface area contributed by atoms with Gasteiger partial charge in [0.15, 0.2) is 5.58 Å². The third-order valence-electron chi connectivity index (χ3n) is 3.31. The van der Waals surface area contributed by atoms with Gasteiger partial charge in [0.2, 0.25) is 5.55 Å². The van der Waals surface area contributed by atoms with Gasteiger partial charge in [0.1, 0.15) is 5.56 Å². The first-order valence-corrected chi connectivity index (χ1v) is 7.55. The van der Waals surface area contributed by atoms with Crippen LogP contribution in [0.2, 0.25) is 10.0 Å². The Labute approximate surface area is 142 Å². The summed E-state index contributed by atoms with van der Waals surface area (Å²) in [5.74, 6) is -0.428. The van der Waals surface area contributed by atoms with E-state index in [4.69, 9.17) is 33.0 Å². The molecule has 2 N–H and O–H groups in total. The van der Waals surface area contributed by atoms with Crippen molar-refractivity contribution in [2.24, 2.45) is 0 Å². The number of fused-ring (bicyclic) bond motifs is 1. The highest BCUT2D eigenvalue weighted by molar-refractivity contribution is 6.38. The van der Waals surface area contributed by atoms with E-state index in [1.807, 2.05) is 25.1 Å². The van der Waals surface area contributed by atoms with Crippen molar-refractivity contribution < 1.29 is 9.21 Å². The van der Waals surface area contributed by atoms with Gasteiger partial charge in [-0.2, -0.15) is 0 Å². The highest BCUT2D eigenvalue weighted by atomic mass is 35.5. The van der Waals surface area contributed by atoms with Crippen molar-refractivity contribution in [3.63, 3.8) is 0 Å². The van der Waals surface area contributed by atoms with E-state index in [0.717, 1.165) is 5.56 Å². The molecule has 0 bridgehead atoms. The zero-order chi connectivity index (χ0) is 16.6. The molecule has 0 saturated carbocycles. The zero-order valence-corrected chi connectivity index (χ0v) is 13.6. The molecule has 1 heterocycles. The van der Waals surface area contributed by atoms with E-state index in [-0.39, 0.29) is 11.1 Å². The molecule has 0 saturated heterocycles. The van der Waals surface area contributed by atoms with Crippen molar-refractivity contribution in [3.8, 4) is 0 Å². The molecule has 0 aliphatic carbocycles. The van der Waals surface area contributed by atoms with Crippen LogP contribution in [0.15, 0.2) is 46.9 Å². The number of hydrogen-bond donors (Lipinski definition) is 2. The van der Waals surface area contributed by atoms with Gasteiger partial charge in [0.05, 0.1) is 5.02 Å². The maximum atomic E-state index is 12.4. The summed E-state index contributed by atoms with van der Waals surface area (Å²) in [5.41, 5.74) is 1.85. The Morgan fingerprint density at radius 1 is 1.17 bits per heavy atom. The predicted molar refractivity (Wildman–Crippen MR) is 91.2 cm³/mol. The second kappa shape index (κ2) is 6.07. The smallest absolute Gasteiger partial charge is 0.261 e. The maximum absolute atomic E-state index is 12.4. The molecule has 1 aromatic heterocycles. The third kappa shape index (κ3) is 3.23. The van der Waals surface area contributed by atoms with Crippen LogP contribution in [0.5, 0.6) is 0 Å². The summed E-state index contributed by atoms with van der Waals surface area (Å²) in [6.45, 7) is 1.93. The molecule has 23 heavy (non-hydrogen) atoms. The lowest BCUT2D eigenvalue weighted by atomic mass is 10.1. The first-order chi connectivity index (χ1) is 10.9. The number of hydrogen-bond acceptors (Lipinski definition) is 3. The molecule has 4 nitrogen and oxygen atoms in total. The Morgan fingerprint density at radius 2 is 1.96 bits per heavy atom. The summed E-state index contributed by atoms with van der Waals surface area (Å²) < 4.78 is 5.38. The number of aryl methyl sites for hydroxylation is 1. The van der Waals surface area contributed by atoms with Gasteiger partial charge in [-0.15, -0.1) is 0 Å². The SMILES string of the molecule is Cc1cccc(NC(=O)c2cc3cc(Cl)cc(Cl)c3oc2=N)c1. The van der Waals surface area contributed by atoms with Gasteiger partial charge in [-0.3, -0.25) is 10.2 Å². The summed E-state index contributed by atoms with van der Waals surface area (Å²) in [4.78, 5) is 12.4. The number of rotatable bonds is 2. The molecule has 0 aliphatic heterocycles. The number of anilines is 1. The summed E-state index contributed by atoms with van der Waals surface area (Å²) >= 11 is 12.0. The minimum Gasteiger partial charge on any atom is -0.437 e. The maximum Gasteiger partial charge on any atom is 0.261 e. The van der Waals surface area contributed by atoms with E-state index in [9.17, 15) is 4.79 Å². The normalized spacial score (nSPS) is 10.7. The second-order valence-corrected chi connectivity index (χ2v) is 5.96. The van der Waals surface area contributed by atoms with Gasteiger partial charge in [-0.05, 0) is 42.8 Å². The van der Waals surface area contributed by atoms with Crippen LogP contribution in [-0.4, -0.2) is 5.91 Å². The van der Waals surface area contributed by atoms with Gasteiger partial charge in [0.25, 0.3) is 5.91 Å². The lowest BCUT2D eigenvalue weighted by Gasteiger charge is -2.07. The monoisotopic (exact) mass is 346 g/mol. The van der Waals surface area contributed by atoms with E-state index in [2.05, 4.69) is 5.32 Å². The summed E-state index contributed by atoms with van der Waals surface area (Å²) in [6, 6.07) is 12.1. The number of carbonyl (C=O) groups excluding carboxylic acids is 1. The zero-order valence-electron chi connectivity index (χ0n) is 12.1. The first-order valence-electron chi connectivity index (χ1n) is 6.79. The molecular weight excluding hydrogens is 335 g/mol. The minimum atomic E-state index is -0.428. The number of amides is 1. The van der Waals surface area contributed by atoms with Crippen LogP contribution in [-0.2, 0) is 0 Å². The molecular formula is C17H12Cl2N2O2. The van der Waals surface area contributed by atoms with Gasteiger partial charge < -0.3 is 9.73 Å². The first kappa shape index (κ1) is 15.6. The highest BCUT2D eigenvalue weighted by Gasteiger charge is 2.14. The standard InChI is InChI=1S/C17H12Cl2N2O2/c1-9-3-2-4-12(5-9)21-17(22)13-7-10-6-11(18)8-14(19)15(10)23-16(13)20/h2-8,20H,1H3,(H,21,22). The average molecular weight is 347 g/mol. The lowest BCUT2D eigenvalue weighted by Crippen LogP contribution is -2.20. The van der Waals surface area contributed by atoms with Crippen LogP contribution in [0.3, 0.4) is 0 Å². The lowest BCUT2D eigenvalue weighted by molar-refractivity contribution is 0.102. The second-order valence-electron chi connectivity index (χ2n) is 5.12. The largest absolute Gasteiger partial charge is 0.437 e. The summed E-state index contributed by atoms with van der Waals surface area (Å²) in [7, 11) is 0. The topological polar surface area (TPSA) is 66.1 Å². The number of nitrogens with one attached hydrogen (secondary N) is 2. The quantitative estimate of drug-likeness (QED) is 0.701. The average Bonchev–Trinajstić information content (AvgIpc) is 2.47. The molecule has 0 radical (unpaired) electrons. The van der Waals surface area contributed by atoms with E-state index in [1.54, 1.807) is 18.2 Å². The van der Waals surface area contributed by atoms with Crippen LogP contribution in [0, 0.1) is 12.3 Å². The summed E-state index contributed by atoms with van der Waals surface area (Å²) in [6.07, 6.45) is 0. The highest BCUT2D eigenvalue weighted by Crippen LogP contribution is 2.27. The Hall–Kier alpha value is -2.30. The fourth-order valence-corrected chi connectivity index (χ4v) is 2.81. The number of carbonyl (C=O) groups is 1. The molecule has 2 aromatic carbocycles.